The number of nitrogens with one attached hydrogen (secondary N) is 2. The quantitative estimate of drug-likeness (QED) is 0.507. The summed E-state index contributed by atoms with van der Waals surface area (Å²) in [5.41, 5.74) is 3.27. The van der Waals surface area contributed by atoms with Crippen molar-refractivity contribution in [1.29, 1.82) is 0 Å². The zero-order valence-electron chi connectivity index (χ0n) is 18.6. The fraction of sp³-hybridized carbons (Fsp3) is 0.591. The molecular weight excluding hydrogens is 380 g/mol. The van der Waals surface area contributed by atoms with Crippen LogP contribution in [0, 0.1) is 0 Å². The average Bonchev–Trinajstić information content (AvgIpc) is 3.18. The maximum atomic E-state index is 5.64. The molecule has 8 nitrogen and oxygen atoms in total. The Morgan fingerprint density at radius 1 is 1.27 bits per heavy atom. The summed E-state index contributed by atoms with van der Waals surface area (Å²) in [5, 5.41) is 10.9. The Kier molecular flexibility index (Phi) is 8.07. The van der Waals surface area contributed by atoms with Gasteiger partial charge in [0.05, 0.1) is 24.9 Å². The van der Waals surface area contributed by atoms with Crippen LogP contribution in [-0.4, -0.2) is 48.4 Å². The van der Waals surface area contributed by atoms with Crippen molar-refractivity contribution in [2.24, 2.45) is 4.99 Å². The van der Waals surface area contributed by atoms with Crippen molar-refractivity contribution in [2.75, 3.05) is 31.1 Å². The van der Waals surface area contributed by atoms with Gasteiger partial charge in [0.25, 0.3) is 0 Å². The summed E-state index contributed by atoms with van der Waals surface area (Å²) in [6.07, 6.45) is 3.77. The number of aryl methyl sites for hydroxylation is 2. The van der Waals surface area contributed by atoms with Gasteiger partial charge in [-0.1, -0.05) is 19.0 Å². The number of aromatic nitrogens is 2. The van der Waals surface area contributed by atoms with Crippen LogP contribution in [0.1, 0.15) is 50.3 Å². The molecule has 3 heterocycles. The first-order valence-electron chi connectivity index (χ1n) is 10.9. The van der Waals surface area contributed by atoms with E-state index >= 15 is 0 Å². The van der Waals surface area contributed by atoms with Gasteiger partial charge < -0.3 is 24.8 Å². The van der Waals surface area contributed by atoms with Crippen LogP contribution in [0.15, 0.2) is 27.8 Å². The van der Waals surface area contributed by atoms with E-state index in [0.717, 1.165) is 73.4 Å². The number of hydrogen-bond donors (Lipinski definition) is 2. The molecule has 0 amide bonds. The van der Waals surface area contributed by atoms with E-state index in [1.807, 2.05) is 12.3 Å². The van der Waals surface area contributed by atoms with Gasteiger partial charge in [-0.25, -0.2) is 9.98 Å². The molecule has 0 saturated carbocycles. The van der Waals surface area contributed by atoms with Crippen LogP contribution >= 0.6 is 0 Å². The number of morpholine rings is 1. The van der Waals surface area contributed by atoms with Gasteiger partial charge >= 0.3 is 0 Å². The number of rotatable bonds is 8. The number of hydrogen-bond acceptors (Lipinski definition) is 6. The van der Waals surface area contributed by atoms with Crippen molar-refractivity contribution in [3.8, 4) is 0 Å². The number of pyridine rings is 1. The van der Waals surface area contributed by atoms with Crippen LogP contribution in [0.5, 0.6) is 0 Å². The lowest BCUT2D eigenvalue weighted by molar-refractivity contribution is 0.0529. The van der Waals surface area contributed by atoms with Crippen molar-refractivity contribution >= 4 is 11.8 Å². The molecular formula is C22H34N6O2. The monoisotopic (exact) mass is 414 g/mol. The predicted molar refractivity (Wildman–Crippen MR) is 119 cm³/mol. The van der Waals surface area contributed by atoms with Gasteiger partial charge in [-0.2, -0.15) is 0 Å². The molecule has 0 bridgehead atoms. The van der Waals surface area contributed by atoms with Crippen LogP contribution in [0.3, 0.4) is 0 Å². The van der Waals surface area contributed by atoms with Crippen molar-refractivity contribution < 1.29 is 9.26 Å². The summed E-state index contributed by atoms with van der Waals surface area (Å²) in [6, 6.07) is 4.14. The molecule has 2 aromatic heterocycles. The standard InChI is InChI=1S/C22H34N6O2/c1-5-19-18(20(6-2)30-27-19)14-26-22(23-7-3)25-13-17-8-9-24-21(12-17)28-10-11-29-16(4)15-28/h8-9,12,16H,5-7,10-11,13-15H2,1-4H3,(H2,23,25,26). The predicted octanol–water partition coefficient (Wildman–Crippen LogP) is 2.67. The number of guanidine groups is 1. The third-order valence-corrected chi connectivity index (χ3v) is 5.18. The maximum Gasteiger partial charge on any atom is 0.191 e. The molecule has 164 valence electrons. The highest BCUT2D eigenvalue weighted by atomic mass is 16.5. The Morgan fingerprint density at radius 2 is 2.13 bits per heavy atom. The molecule has 1 atom stereocenters. The van der Waals surface area contributed by atoms with Gasteiger partial charge in [-0.3, -0.25) is 0 Å². The SMILES string of the molecule is CCNC(=NCc1ccnc(N2CCOC(C)C2)c1)NCc1c(CC)noc1CC. The first-order chi connectivity index (χ1) is 14.6. The topological polar surface area (TPSA) is 87.8 Å². The normalized spacial score (nSPS) is 17.3. The van der Waals surface area contributed by atoms with Gasteiger partial charge in [-0.05, 0) is 38.0 Å². The Morgan fingerprint density at radius 3 is 2.87 bits per heavy atom. The zero-order chi connectivity index (χ0) is 21.3. The summed E-state index contributed by atoms with van der Waals surface area (Å²) in [4.78, 5) is 11.6. The zero-order valence-corrected chi connectivity index (χ0v) is 18.6. The third-order valence-electron chi connectivity index (χ3n) is 5.18. The van der Waals surface area contributed by atoms with Crippen molar-refractivity contribution in [1.82, 2.24) is 20.8 Å². The van der Waals surface area contributed by atoms with E-state index in [1.54, 1.807) is 0 Å². The van der Waals surface area contributed by atoms with E-state index in [9.17, 15) is 0 Å². The summed E-state index contributed by atoms with van der Waals surface area (Å²) in [7, 11) is 0. The molecule has 2 N–H and O–H groups in total. The van der Waals surface area contributed by atoms with Crippen LogP contribution < -0.4 is 15.5 Å². The molecule has 30 heavy (non-hydrogen) atoms. The van der Waals surface area contributed by atoms with Crippen LogP contribution in [-0.2, 0) is 30.7 Å². The van der Waals surface area contributed by atoms with Crippen molar-refractivity contribution in [3.63, 3.8) is 0 Å². The molecule has 3 rings (SSSR count). The lowest BCUT2D eigenvalue weighted by Crippen LogP contribution is -2.41. The van der Waals surface area contributed by atoms with E-state index in [1.165, 1.54) is 0 Å². The van der Waals surface area contributed by atoms with Crippen LogP contribution in [0.25, 0.3) is 0 Å². The highest BCUT2D eigenvalue weighted by Gasteiger charge is 2.18. The van der Waals surface area contributed by atoms with Gasteiger partial charge in [0.2, 0.25) is 0 Å². The largest absolute Gasteiger partial charge is 0.375 e. The lowest BCUT2D eigenvalue weighted by Gasteiger charge is -2.32. The summed E-state index contributed by atoms with van der Waals surface area (Å²) >= 11 is 0. The fourth-order valence-electron chi connectivity index (χ4n) is 3.58. The van der Waals surface area contributed by atoms with Crippen LogP contribution in [0.4, 0.5) is 5.82 Å². The summed E-state index contributed by atoms with van der Waals surface area (Å²) < 4.78 is 11.1. The third kappa shape index (κ3) is 5.72. The second-order valence-electron chi connectivity index (χ2n) is 7.44. The Labute approximate surface area is 179 Å². The van der Waals surface area contributed by atoms with Gasteiger partial charge in [0, 0.05) is 44.4 Å². The lowest BCUT2D eigenvalue weighted by atomic mass is 10.1. The average molecular weight is 415 g/mol. The minimum atomic E-state index is 0.227. The fourth-order valence-corrected chi connectivity index (χ4v) is 3.58. The molecule has 1 fully saturated rings. The number of ether oxygens (including phenoxy) is 1. The van der Waals surface area contributed by atoms with Crippen LogP contribution in [0.2, 0.25) is 0 Å². The highest BCUT2D eigenvalue weighted by molar-refractivity contribution is 5.79. The van der Waals surface area contributed by atoms with E-state index in [-0.39, 0.29) is 6.10 Å². The van der Waals surface area contributed by atoms with E-state index < -0.39 is 0 Å². The van der Waals surface area contributed by atoms with E-state index in [4.69, 9.17) is 14.3 Å². The molecule has 0 aromatic carbocycles. The summed E-state index contributed by atoms with van der Waals surface area (Å²) in [6.45, 7) is 12.8. The minimum absolute atomic E-state index is 0.227. The molecule has 1 aliphatic rings. The molecule has 2 aromatic rings. The second-order valence-corrected chi connectivity index (χ2v) is 7.44. The first-order valence-corrected chi connectivity index (χ1v) is 10.9. The van der Waals surface area contributed by atoms with Gasteiger partial charge in [0.15, 0.2) is 5.96 Å². The van der Waals surface area contributed by atoms with Gasteiger partial charge in [-0.15, -0.1) is 0 Å². The molecule has 1 saturated heterocycles. The molecule has 1 aliphatic heterocycles. The Balaban J connectivity index is 1.66. The maximum absolute atomic E-state index is 5.64. The summed E-state index contributed by atoms with van der Waals surface area (Å²) in [5.74, 6) is 2.70. The minimum Gasteiger partial charge on any atom is -0.375 e. The second kappa shape index (κ2) is 11.0. The highest BCUT2D eigenvalue weighted by Crippen LogP contribution is 2.17. The van der Waals surface area contributed by atoms with Crippen molar-refractivity contribution in [2.45, 2.75) is 59.7 Å². The molecule has 1 unspecified atom stereocenters. The molecule has 0 radical (unpaired) electrons. The first kappa shape index (κ1) is 22.1. The van der Waals surface area contributed by atoms with E-state index in [2.05, 4.69) is 59.4 Å². The smallest absolute Gasteiger partial charge is 0.191 e. The van der Waals surface area contributed by atoms with Crippen molar-refractivity contribution in [3.05, 3.63) is 40.9 Å². The molecule has 0 spiro atoms. The van der Waals surface area contributed by atoms with Gasteiger partial charge in [0.1, 0.15) is 11.6 Å². The molecule has 0 aliphatic carbocycles. The van der Waals surface area contributed by atoms with E-state index in [0.29, 0.717) is 13.1 Å². The number of aliphatic imine (C=N–C) groups is 1. The Hall–Kier alpha value is -2.61. The molecule has 8 heteroatoms. The number of nitrogens with zero attached hydrogens (tertiary/aromatic N) is 4. The number of anilines is 1. The Bertz CT molecular complexity index is 813.